The first-order valence-electron chi connectivity index (χ1n) is 9.07. The van der Waals surface area contributed by atoms with Gasteiger partial charge in [0.1, 0.15) is 11.6 Å². The largest absolute Gasteiger partial charge is 0.460 e. The molecule has 2 aromatic carbocycles. The second kappa shape index (κ2) is 8.89. The van der Waals surface area contributed by atoms with E-state index in [1.54, 1.807) is 0 Å². The van der Waals surface area contributed by atoms with Gasteiger partial charge >= 0.3 is 0 Å². The van der Waals surface area contributed by atoms with Gasteiger partial charge < -0.3 is 14.8 Å². The molecule has 1 atom stereocenters. The van der Waals surface area contributed by atoms with E-state index in [4.69, 9.17) is 9.47 Å². The van der Waals surface area contributed by atoms with Gasteiger partial charge in [-0.25, -0.2) is 4.39 Å². The molecule has 0 spiro atoms. The Morgan fingerprint density at radius 1 is 1.25 bits per heavy atom. The number of halogens is 1. The fourth-order valence-electron chi connectivity index (χ4n) is 2.87. The third kappa shape index (κ3) is 4.45. The van der Waals surface area contributed by atoms with E-state index in [2.05, 4.69) is 22.4 Å². The Hall–Kier alpha value is -2.16. The number of benzene rings is 2. The molecule has 2 heterocycles. The van der Waals surface area contributed by atoms with Crippen molar-refractivity contribution in [1.82, 2.24) is 10.2 Å². The van der Waals surface area contributed by atoms with Gasteiger partial charge in [0.15, 0.2) is 4.34 Å². The number of hydrogen-bond acceptors (Lipinski definition) is 7. The molecule has 1 aliphatic heterocycles. The minimum Gasteiger partial charge on any atom is -0.460 e. The van der Waals surface area contributed by atoms with Crippen molar-refractivity contribution >= 4 is 28.2 Å². The van der Waals surface area contributed by atoms with Crippen LogP contribution >= 0.6 is 23.1 Å². The fraction of sp³-hybridized carbons (Fsp3) is 0.300. The van der Waals surface area contributed by atoms with Gasteiger partial charge in [-0.15, -0.1) is 10.2 Å². The molecule has 0 fully saturated rings. The Balaban J connectivity index is 1.50. The Labute approximate surface area is 171 Å². The Bertz CT molecular complexity index is 936. The van der Waals surface area contributed by atoms with Crippen molar-refractivity contribution in [2.24, 2.45) is 0 Å². The number of ether oxygens (including phenoxy) is 2. The van der Waals surface area contributed by atoms with Crippen LogP contribution in [-0.2, 0) is 17.1 Å². The number of fused-ring (bicyclic) bond motifs is 1. The minimum atomic E-state index is -0.491. The lowest BCUT2D eigenvalue weighted by Gasteiger charge is -2.28. The molecule has 0 amide bonds. The van der Waals surface area contributed by atoms with E-state index in [-0.39, 0.29) is 5.82 Å². The zero-order valence-electron chi connectivity index (χ0n) is 15.4. The average Bonchev–Trinajstić information content (AvgIpc) is 3.18. The van der Waals surface area contributed by atoms with Gasteiger partial charge in [0, 0.05) is 29.0 Å². The molecule has 146 valence electrons. The van der Waals surface area contributed by atoms with Gasteiger partial charge in [0.2, 0.25) is 11.4 Å². The van der Waals surface area contributed by atoms with Gasteiger partial charge in [-0.3, -0.25) is 0 Å². The molecule has 3 aromatic rings. The van der Waals surface area contributed by atoms with Crippen LogP contribution in [0.2, 0.25) is 0 Å². The number of hydrogen-bond donors (Lipinski definition) is 1. The third-order valence-electron chi connectivity index (χ3n) is 4.18. The molecule has 0 saturated carbocycles. The van der Waals surface area contributed by atoms with E-state index in [9.17, 15) is 4.39 Å². The van der Waals surface area contributed by atoms with Crippen LogP contribution in [0.1, 0.15) is 36.3 Å². The Kier molecular flexibility index (Phi) is 6.09. The van der Waals surface area contributed by atoms with E-state index in [1.807, 2.05) is 30.3 Å². The molecule has 1 aliphatic rings. The molecule has 0 bridgehead atoms. The van der Waals surface area contributed by atoms with Crippen molar-refractivity contribution in [2.75, 3.05) is 11.9 Å². The van der Waals surface area contributed by atoms with E-state index >= 15 is 0 Å². The molecule has 4 rings (SSSR count). The summed E-state index contributed by atoms with van der Waals surface area (Å²) in [5.41, 5.74) is 2.46. The number of rotatable bonds is 7. The molecule has 0 saturated heterocycles. The predicted octanol–water partition coefficient (Wildman–Crippen LogP) is 5.40. The summed E-state index contributed by atoms with van der Waals surface area (Å²) < 4.78 is 26.8. The maximum Gasteiger partial charge on any atom is 0.227 e. The maximum absolute atomic E-state index is 14.1. The highest BCUT2D eigenvalue weighted by Gasteiger charge is 2.25. The number of nitrogens with zero attached hydrogens (tertiary/aromatic N) is 2. The molecule has 1 N–H and O–H groups in total. The SMILES string of the molecule is CCCNc1nnc(SCc2cc(F)cc3c2O[C@@H](c2ccccc2)OC3)s1. The van der Waals surface area contributed by atoms with Gasteiger partial charge in [-0.2, -0.15) is 0 Å². The first-order valence-corrected chi connectivity index (χ1v) is 10.9. The fourth-order valence-corrected chi connectivity index (χ4v) is 4.61. The molecular weight excluding hydrogens is 397 g/mol. The van der Waals surface area contributed by atoms with Crippen LogP contribution in [0.25, 0.3) is 0 Å². The highest BCUT2D eigenvalue weighted by atomic mass is 32.2. The lowest BCUT2D eigenvalue weighted by molar-refractivity contribution is -0.112. The number of thioether (sulfide) groups is 1. The summed E-state index contributed by atoms with van der Waals surface area (Å²) in [7, 11) is 0. The molecule has 0 radical (unpaired) electrons. The van der Waals surface area contributed by atoms with E-state index in [1.165, 1.54) is 35.2 Å². The minimum absolute atomic E-state index is 0.290. The van der Waals surface area contributed by atoms with Crippen molar-refractivity contribution in [3.8, 4) is 5.75 Å². The van der Waals surface area contributed by atoms with Crippen LogP contribution in [0.15, 0.2) is 46.8 Å². The molecule has 0 aliphatic carbocycles. The van der Waals surface area contributed by atoms with E-state index in [0.29, 0.717) is 18.1 Å². The summed E-state index contributed by atoms with van der Waals surface area (Å²) >= 11 is 3.03. The number of anilines is 1. The molecule has 0 unspecified atom stereocenters. The van der Waals surface area contributed by atoms with Gasteiger partial charge in [-0.05, 0) is 18.6 Å². The normalized spacial score (nSPS) is 15.7. The van der Waals surface area contributed by atoms with Crippen LogP contribution in [0.3, 0.4) is 0 Å². The highest BCUT2D eigenvalue weighted by molar-refractivity contribution is 8.00. The molecule has 5 nitrogen and oxygen atoms in total. The molecular formula is C20H20FN3O2S2. The van der Waals surface area contributed by atoms with Crippen molar-refractivity contribution in [3.05, 3.63) is 65.0 Å². The lowest BCUT2D eigenvalue weighted by Crippen LogP contribution is -2.19. The smallest absolute Gasteiger partial charge is 0.227 e. The second-order valence-electron chi connectivity index (χ2n) is 6.31. The molecule has 1 aromatic heterocycles. The quantitative estimate of drug-likeness (QED) is 0.520. The summed E-state index contributed by atoms with van der Waals surface area (Å²) in [6.45, 7) is 3.28. The lowest BCUT2D eigenvalue weighted by atomic mass is 10.1. The zero-order valence-corrected chi connectivity index (χ0v) is 17.0. The summed E-state index contributed by atoms with van der Waals surface area (Å²) in [6, 6.07) is 12.7. The molecule has 28 heavy (non-hydrogen) atoms. The van der Waals surface area contributed by atoms with Gasteiger partial charge in [0.25, 0.3) is 0 Å². The van der Waals surface area contributed by atoms with Crippen LogP contribution in [0.5, 0.6) is 5.75 Å². The zero-order chi connectivity index (χ0) is 19.3. The van der Waals surface area contributed by atoms with Gasteiger partial charge in [0.05, 0.1) is 6.61 Å². The topological polar surface area (TPSA) is 56.3 Å². The van der Waals surface area contributed by atoms with Crippen molar-refractivity contribution in [3.63, 3.8) is 0 Å². The predicted molar refractivity (Wildman–Crippen MR) is 109 cm³/mol. The van der Waals surface area contributed by atoms with Crippen molar-refractivity contribution in [2.45, 2.75) is 36.3 Å². The number of aromatic nitrogens is 2. The van der Waals surface area contributed by atoms with Crippen LogP contribution < -0.4 is 10.1 Å². The third-order valence-corrected chi connectivity index (χ3v) is 6.24. The average molecular weight is 418 g/mol. The first-order chi connectivity index (χ1) is 13.7. The monoisotopic (exact) mass is 417 g/mol. The van der Waals surface area contributed by atoms with Crippen LogP contribution in [0.4, 0.5) is 9.52 Å². The van der Waals surface area contributed by atoms with E-state index in [0.717, 1.165) is 39.1 Å². The molecule has 8 heteroatoms. The summed E-state index contributed by atoms with van der Waals surface area (Å²) in [4.78, 5) is 0. The summed E-state index contributed by atoms with van der Waals surface area (Å²) in [5.74, 6) is 0.953. The first kappa shape index (κ1) is 19.2. The van der Waals surface area contributed by atoms with Crippen molar-refractivity contribution < 1.29 is 13.9 Å². The van der Waals surface area contributed by atoms with Crippen LogP contribution in [0, 0.1) is 5.82 Å². The van der Waals surface area contributed by atoms with Gasteiger partial charge in [-0.1, -0.05) is 60.4 Å². The Morgan fingerprint density at radius 3 is 2.93 bits per heavy atom. The maximum atomic E-state index is 14.1. The van der Waals surface area contributed by atoms with Crippen LogP contribution in [-0.4, -0.2) is 16.7 Å². The van der Waals surface area contributed by atoms with Crippen molar-refractivity contribution in [1.29, 1.82) is 0 Å². The highest BCUT2D eigenvalue weighted by Crippen LogP contribution is 2.39. The Morgan fingerprint density at radius 2 is 2.11 bits per heavy atom. The number of nitrogens with one attached hydrogen (secondary N) is 1. The van der Waals surface area contributed by atoms with E-state index < -0.39 is 6.29 Å². The standard InChI is InChI=1S/C20H20FN3O2S2/c1-2-8-22-19-23-24-20(28-19)27-12-15-10-16(21)9-14-11-25-18(26-17(14)15)13-6-4-3-5-7-13/h3-7,9-10,18H,2,8,11-12H2,1H3,(H,22,23)/t18-/m0/s1. The second-order valence-corrected chi connectivity index (χ2v) is 8.51. The summed E-state index contributed by atoms with van der Waals surface area (Å²) in [5, 5.41) is 12.4. The summed E-state index contributed by atoms with van der Waals surface area (Å²) in [6.07, 6.45) is 0.536.